The Bertz CT molecular complexity index is 667. The van der Waals surface area contributed by atoms with Gasteiger partial charge in [0.2, 0.25) is 0 Å². The molecule has 0 atom stereocenters. The van der Waals surface area contributed by atoms with Crippen LogP contribution in [0.1, 0.15) is 11.3 Å². The highest BCUT2D eigenvalue weighted by atomic mass is 15.0. The van der Waals surface area contributed by atoms with E-state index >= 15 is 0 Å². The maximum atomic E-state index is 5.56. The summed E-state index contributed by atoms with van der Waals surface area (Å²) < 4.78 is 2.03. The molecule has 18 heavy (non-hydrogen) atoms. The van der Waals surface area contributed by atoms with Crippen molar-refractivity contribution in [3.8, 4) is 0 Å². The minimum atomic E-state index is 0.473. The summed E-state index contributed by atoms with van der Waals surface area (Å²) in [6.07, 6.45) is 5.61. The zero-order valence-electron chi connectivity index (χ0n) is 9.95. The van der Waals surface area contributed by atoms with E-state index in [1.165, 1.54) is 5.56 Å². The van der Waals surface area contributed by atoms with Crippen LogP contribution in [-0.4, -0.2) is 14.5 Å². The number of para-hydroxylation sites is 1. The Balaban J connectivity index is 1.99. The molecule has 0 aliphatic rings. The Morgan fingerprint density at radius 2 is 2.00 bits per heavy atom. The Morgan fingerprint density at radius 1 is 1.11 bits per heavy atom. The number of fused-ring (bicyclic) bond motifs is 1. The number of nitrogens with zero attached hydrogens (tertiary/aromatic N) is 3. The van der Waals surface area contributed by atoms with Crippen LogP contribution in [0.3, 0.4) is 0 Å². The van der Waals surface area contributed by atoms with Gasteiger partial charge in [0.25, 0.3) is 0 Å². The minimum absolute atomic E-state index is 0.473. The van der Waals surface area contributed by atoms with Gasteiger partial charge in [0.15, 0.2) is 0 Å². The lowest BCUT2D eigenvalue weighted by molar-refractivity contribution is 0.799. The number of rotatable bonds is 3. The second-order valence-electron chi connectivity index (χ2n) is 4.23. The van der Waals surface area contributed by atoms with E-state index in [4.69, 9.17) is 5.73 Å². The zero-order valence-corrected chi connectivity index (χ0v) is 9.95. The first-order valence-corrected chi connectivity index (χ1v) is 5.90. The lowest BCUT2D eigenvalue weighted by Gasteiger charge is -2.06. The molecule has 0 saturated carbocycles. The fourth-order valence-corrected chi connectivity index (χ4v) is 2.09. The molecule has 3 aromatic rings. The summed E-state index contributed by atoms with van der Waals surface area (Å²) in [7, 11) is 0. The van der Waals surface area contributed by atoms with Gasteiger partial charge in [0, 0.05) is 24.3 Å². The van der Waals surface area contributed by atoms with Gasteiger partial charge in [-0.25, -0.2) is 4.98 Å². The summed E-state index contributed by atoms with van der Waals surface area (Å²) in [5.41, 5.74) is 8.70. The van der Waals surface area contributed by atoms with Crippen molar-refractivity contribution in [3.63, 3.8) is 0 Å². The summed E-state index contributed by atoms with van der Waals surface area (Å²) >= 11 is 0. The quantitative estimate of drug-likeness (QED) is 0.758. The maximum absolute atomic E-state index is 5.56. The number of pyridine rings is 1. The molecular formula is C14H14N4. The highest BCUT2D eigenvalue weighted by Crippen LogP contribution is 2.17. The van der Waals surface area contributed by atoms with E-state index in [0.29, 0.717) is 6.54 Å². The van der Waals surface area contributed by atoms with Crippen LogP contribution in [0.5, 0.6) is 0 Å². The Morgan fingerprint density at radius 3 is 2.83 bits per heavy atom. The normalized spacial score (nSPS) is 10.9. The van der Waals surface area contributed by atoms with Crippen molar-refractivity contribution in [1.82, 2.24) is 14.5 Å². The molecule has 0 unspecified atom stereocenters. The molecule has 0 fully saturated rings. The summed E-state index contributed by atoms with van der Waals surface area (Å²) in [4.78, 5) is 8.67. The van der Waals surface area contributed by atoms with Crippen LogP contribution in [0.25, 0.3) is 10.9 Å². The Labute approximate surface area is 105 Å². The van der Waals surface area contributed by atoms with Gasteiger partial charge < -0.3 is 10.3 Å². The van der Waals surface area contributed by atoms with Crippen molar-refractivity contribution >= 4 is 10.9 Å². The van der Waals surface area contributed by atoms with Crippen molar-refractivity contribution in [2.75, 3.05) is 0 Å². The van der Waals surface area contributed by atoms with Crippen LogP contribution < -0.4 is 5.73 Å². The number of hydrogen-bond donors (Lipinski definition) is 1. The lowest BCUT2D eigenvalue weighted by Crippen LogP contribution is -1.99. The first-order valence-electron chi connectivity index (χ1n) is 5.90. The highest BCUT2D eigenvalue weighted by molar-refractivity contribution is 5.81. The van der Waals surface area contributed by atoms with Gasteiger partial charge in [-0.2, -0.15) is 0 Å². The molecule has 0 aliphatic carbocycles. The topological polar surface area (TPSA) is 56.7 Å². The fraction of sp³-hybridized carbons (Fsp3) is 0.143. The molecule has 2 N–H and O–H groups in total. The number of imidazole rings is 1. The van der Waals surface area contributed by atoms with Crippen LogP contribution in [0.2, 0.25) is 0 Å². The van der Waals surface area contributed by atoms with Crippen LogP contribution >= 0.6 is 0 Å². The van der Waals surface area contributed by atoms with Crippen molar-refractivity contribution in [2.24, 2.45) is 5.73 Å². The summed E-state index contributed by atoms with van der Waals surface area (Å²) in [6, 6.07) is 10.3. The van der Waals surface area contributed by atoms with Gasteiger partial charge in [-0.1, -0.05) is 24.3 Å². The van der Waals surface area contributed by atoms with Crippen LogP contribution in [0.4, 0.5) is 0 Å². The molecule has 4 heteroatoms. The zero-order chi connectivity index (χ0) is 12.4. The monoisotopic (exact) mass is 238 g/mol. The number of benzene rings is 1. The first kappa shape index (κ1) is 10.9. The van der Waals surface area contributed by atoms with Crippen molar-refractivity contribution in [1.29, 1.82) is 0 Å². The first-order chi connectivity index (χ1) is 8.86. The Hall–Kier alpha value is -2.20. The largest absolute Gasteiger partial charge is 0.333 e. The van der Waals surface area contributed by atoms with Crippen LogP contribution in [0.15, 0.2) is 49.1 Å². The molecule has 0 bridgehead atoms. The average Bonchev–Trinajstić information content (AvgIpc) is 2.87. The van der Waals surface area contributed by atoms with E-state index in [2.05, 4.69) is 34.2 Å². The van der Waals surface area contributed by atoms with Crippen molar-refractivity contribution < 1.29 is 0 Å². The molecular weight excluding hydrogens is 224 g/mol. The third-order valence-corrected chi connectivity index (χ3v) is 2.97. The SMILES string of the molecule is NCc1cn(Cc2cccc3cccnc23)cn1. The highest BCUT2D eigenvalue weighted by Gasteiger charge is 2.03. The smallest absolute Gasteiger partial charge is 0.0953 e. The number of nitrogens with two attached hydrogens (primary N) is 1. The van der Waals surface area contributed by atoms with E-state index in [0.717, 1.165) is 23.1 Å². The standard InChI is InChI=1S/C14H14N4/c15-7-13-9-18(10-17-13)8-12-4-1-3-11-5-2-6-16-14(11)12/h1-6,9-10H,7-8,15H2. The average molecular weight is 238 g/mol. The second-order valence-corrected chi connectivity index (χ2v) is 4.23. The van der Waals surface area contributed by atoms with Gasteiger partial charge in [-0.05, 0) is 11.6 Å². The molecule has 3 rings (SSSR count). The molecule has 2 heterocycles. The van der Waals surface area contributed by atoms with E-state index in [1.807, 2.05) is 29.4 Å². The number of aromatic nitrogens is 3. The van der Waals surface area contributed by atoms with Gasteiger partial charge in [-0.15, -0.1) is 0 Å². The molecule has 90 valence electrons. The van der Waals surface area contributed by atoms with Crippen molar-refractivity contribution in [2.45, 2.75) is 13.1 Å². The van der Waals surface area contributed by atoms with E-state index in [1.54, 1.807) is 0 Å². The van der Waals surface area contributed by atoms with E-state index in [9.17, 15) is 0 Å². The molecule has 0 spiro atoms. The molecule has 1 aromatic carbocycles. The van der Waals surface area contributed by atoms with E-state index < -0.39 is 0 Å². The number of hydrogen-bond acceptors (Lipinski definition) is 3. The van der Waals surface area contributed by atoms with Gasteiger partial charge in [0.05, 0.1) is 24.1 Å². The van der Waals surface area contributed by atoms with Crippen LogP contribution in [0, 0.1) is 0 Å². The third-order valence-electron chi connectivity index (χ3n) is 2.97. The predicted octanol–water partition coefficient (Wildman–Crippen LogP) is 1.94. The molecule has 0 amide bonds. The summed E-state index contributed by atoms with van der Waals surface area (Å²) in [5.74, 6) is 0. The predicted molar refractivity (Wildman–Crippen MR) is 71.0 cm³/mol. The molecule has 0 aliphatic heterocycles. The molecule has 0 radical (unpaired) electrons. The molecule has 0 saturated heterocycles. The third kappa shape index (κ3) is 1.98. The second kappa shape index (κ2) is 4.58. The van der Waals surface area contributed by atoms with Crippen molar-refractivity contribution in [3.05, 3.63) is 60.3 Å². The van der Waals surface area contributed by atoms with Crippen LogP contribution in [-0.2, 0) is 13.1 Å². The van der Waals surface area contributed by atoms with Gasteiger partial charge >= 0.3 is 0 Å². The minimum Gasteiger partial charge on any atom is -0.333 e. The van der Waals surface area contributed by atoms with E-state index in [-0.39, 0.29) is 0 Å². The lowest BCUT2D eigenvalue weighted by atomic mass is 10.1. The Kier molecular flexibility index (Phi) is 2.78. The molecule has 4 nitrogen and oxygen atoms in total. The summed E-state index contributed by atoms with van der Waals surface area (Å²) in [6.45, 7) is 1.24. The fourth-order valence-electron chi connectivity index (χ4n) is 2.09. The summed E-state index contributed by atoms with van der Waals surface area (Å²) in [5, 5.41) is 1.16. The molecule has 2 aromatic heterocycles. The van der Waals surface area contributed by atoms with Gasteiger partial charge in [0.1, 0.15) is 0 Å². The van der Waals surface area contributed by atoms with Gasteiger partial charge in [-0.3, -0.25) is 4.98 Å². The maximum Gasteiger partial charge on any atom is 0.0953 e.